The highest BCUT2D eigenvalue weighted by atomic mass is 16.1. The van der Waals surface area contributed by atoms with Crippen LogP contribution in [-0.2, 0) is 0 Å². The van der Waals surface area contributed by atoms with Crippen LogP contribution >= 0.6 is 0 Å². The van der Waals surface area contributed by atoms with Crippen molar-refractivity contribution in [2.24, 2.45) is 0 Å². The first-order chi connectivity index (χ1) is 12.2. The van der Waals surface area contributed by atoms with Crippen LogP contribution in [0.1, 0.15) is 12.5 Å². The van der Waals surface area contributed by atoms with Crippen LogP contribution in [0.4, 0.5) is 0 Å². The molecule has 0 aliphatic rings. The molecule has 4 aromatic rings. The van der Waals surface area contributed by atoms with Gasteiger partial charge in [0.15, 0.2) is 5.43 Å². The molecule has 0 radical (unpaired) electrons. The van der Waals surface area contributed by atoms with E-state index in [0.717, 1.165) is 22.2 Å². The van der Waals surface area contributed by atoms with Crippen molar-refractivity contribution in [3.63, 3.8) is 0 Å². The second-order valence-electron chi connectivity index (χ2n) is 6.11. The Bertz CT molecular complexity index is 1220. The molecule has 0 aliphatic carbocycles. The van der Waals surface area contributed by atoms with Gasteiger partial charge >= 0.3 is 0 Å². The van der Waals surface area contributed by atoms with E-state index in [2.05, 4.69) is 49.2 Å². The van der Waals surface area contributed by atoms with Gasteiger partial charge in [0.2, 0.25) is 0 Å². The molecule has 25 heavy (non-hydrogen) atoms. The van der Waals surface area contributed by atoms with Crippen molar-refractivity contribution in [3.8, 4) is 23.1 Å². The molecule has 0 fully saturated rings. The lowest BCUT2D eigenvalue weighted by Gasteiger charge is -2.13. The van der Waals surface area contributed by atoms with E-state index in [1.807, 2.05) is 47.9 Å². The first-order valence-corrected chi connectivity index (χ1v) is 8.27. The molecule has 1 heterocycles. The van der Waals surface area contributed by atoms with E-state index in [4.69, 9.17) is 0 Å². The van der Waals surface area contributed by atoms with Crippen LogP contribution in [0.25, 0.3) is 32.9 Å². The van der Waals surface area contributed by atoms with Crippen molar-refractivity contribution in [2.45, 2.75) is 13.8 Å². The van der Waals surface area contributed by atoms with E-state index < -0.39 is 0 Å². The Kier molecular flexibility index (Phi) is 3.63. The van der Waals surface area contributed by atoms with Crippen LogP contribution in [0, 0.1) is 18.9 Å². The van der Waals surface area contributed by atoms with Gasteiger partial charge in [-0.1, -0.05) is 60.0 Å². The first-order valence-electron chi connectivity index (χ1n) is 8.27. The third kappa shape index (κ3) is 2.42. The summed E-state index contributed by atoms with van der Waals surface area (Å²) in [6.45, 7) is 3.88. The summed E-state index contributed by atoms with van der Waals surface area (Å²) in [5.41, 5.74) is 5.06. The third-order valence-corrected chi connectivity index (χ3v) is 4.48. The Labute approximate surface area is 146 Å². The number of rotatable bonds is 1. The number of aryl methyl sites for hydroxylation is 1. The number of nitrogens with zero attached hydrogens (tertiary/aromatic N) is 1. The predicted octanol–water partition coefficient (Wildman–Crippen LogP) is 4.96. The summed E-state index contributed by atoms with van der Waals surface area (Å²) in [7, 11) is 0. The molecular formula is C23H17NO. The van der Waals surface area contributed by atoms with Crippen molar-refractivity contribution < 1.29 is 0 Å². The van der Waals surface area contributed by atoms with Crippen LogP contribution in [-0.4, -0.2) is 4.57 Å². The number of hydrogen-bond acceptors (Lipinski definition) is 1. The topological polar surface area (TPSA) is 22.0 Å². The fourth-order valence-corrected chi connectivity index (χ4v) is 3.29. The zero-order valence-electron chi connectivity index (χ0n) is 14.2. The maximum atomic E-state index is 13.0. The standard InChI is InChI=1S/C23H17NO/c1-3-15-24-21-10-5-4-7-19(21)23(25)20-9-6-8-18(22(20)24)17-13-11-16(2)12-14-17/h4-14H,1-2H3. The number of benzene rings is 3. The number of para-hydroxylation sites is 2. The van der Waals surface area contributed by atoms with E-state index in [1.54, 1.807) is 0 Å². The molecule has 0 unspecified atom stereocenters. The molecule has 2 heteroatoms. The smallest absolute Gasteiger partial charge is 0.197 e. The number of aromatic nitrogens is 1. The van der Waals surface area contributed by atoms with E-state index in [0.29, 0.717) is 10.8 Å². The van der Waals surface area contributed by atoms with E-state index in [9.17, 15) is 4.79 Å². The highest BCUT2D eigenvalue weighted by molar-refractivity contribution is 6.01. The average molecular weight is 323 g/mol. The molecule has 0 aliphatic heterocycles. The van der Waals surface area contributed by atoms with Gasteiger partial charge in [0.05, 0.1) is 11.0 Å². The second kappa shape index (κ2) is 5.96. The molecular weight excluding hydrogens is 306 g/mol. The quantitative estimate of drug-likeness (QED) is 0.358. The van der Waals surface area contributed by atoms with Crippen molar-refractivity contribution in [1.82, 2.24) is 4.57 Å². The fourth-order valence-electron chi connectivity index (χ4n) is 3.29. The second-order valence-corrected chi connectivity index (χ2v) is 6.11. The molecule has 0 bridgehead atoms. The normalized spacial score (nSPS) is 10.6. The van der Waals surface area contributed by atoms with Crippen LogP contribution < -0.4 is 5.43 Å². The van der Waals surface area contributed by atoms with Gasteiger partial charge < -0.3 is 0 Å². The lowest BCUT2D eigenvalue weighted by molar-refractivity contribution is 1.23. The minimum absolute atomic E-state index is 0.0497. The molecule has 0 atom stereocenters. The van der Waals surface area contributed by atoms with Crippen molar-refractivity contribution >= 4 is 21.8 Å². The predicted molar refractivity (Wildman–Crippen MR) is 105 cm³/mol. The monoisotopic (exact) mass is 323 g/mol. The minimum atomic E-state index is 0.0497. The van der Waals surface area contributed by atoms with E-state index in [1.165, 1.54) is 5.56 Å². The van der Waals surface area contributed by atoms with Crippen molar-refractivity contribution in [3.05, 3.63) is 82.5 Å². The summed E-state index contributed by atoms with van der Waals surface area (Å²) < 4.78 is 1.95. The molecule has 4 rings (SSSR count). The Hall–Kier alpha value is -3.31. The van der Waals surface area contributed by atoms with Gasteiger partial charge in [0.25, 0.3) is 0 Å². The maximum absolute atomic E-state index is 13.0. The number of fused-ring (bicyclic) bond motifs is 2. The largest absolute Gasteiger partial charge is 0.288 e. The molecule has 0 N–H and O–H groups in total. The first kappa shape index (κ1) is 15.2. The third-order valence-electron chi connectivity index (χ3n) is 4.48. The van der Waals surface area contributed by atoms with Crippen molar-refractivity contribution in [2.75, 3.05) is 0 Å². The Morgan fingerprint density at radius 2 is 1.56 bits per heavy atom. The van der Waals surface area contributed by atoms with Crippen LogP contribution in [0.15, 0.2) is 71.5 Å². The average Bonchev–Trinajstić information content (AvgIpc) is 2.65. The van der Waals surface area contributed by atoms with Gasteiger partial charge in [-0.3, -0.25) is 9.36 Å². The van der Waals surface area contributed by atoms with Gasteiger partial charge in [0, 0.05) is 22.4 Å². The molecule has 0 amide bonds. The number of hydrogen-bond donors (Lipinski definition) is 0. The minimum Gasteiger partial charge on any atom is -0.288 e. The van der Waals surface area contributed by atoms with Gasteiger partial charge in [-0.25, -0.2) is 0 Å². The van der Waals surface area contributed by atoms with Crippen LogP contribution in [0.5, 0.6) is 0 Å². The summed E-state index contributed by atoms with van der Waals surface area (Å²) in [4.78, 5) is 13.0. The summed E-state index contributed by atoms with van der Waals surface area (Å²) >= 11 is 0. The molecule has 0 spiro atoms. The fraction of sp³-hybridized carbons (Fsp3) is 0.0870. The Morgan fingerprint density at radius 1 is 0.840 bits per heavy atom. The highest BCUT2D eigenvalue weighted by Gasteiger charge is 2.13. The SMILES string of the molecule is CC#Cn1c2ccccc2c(=O)c2cccc(-c3ccc(C)cc3)c21. The van der Waals surface area contributed by atoms with Crippen molar-refractivity contribution in [1.29, 1.82) is 0 Å². The highest BCUT2D eigenvalue weighted by Crippen LogP contribution is 2.29. The molecule has 0 saturated carbocycles. The molecule has 3 aromatic carbocycles. The van der Waals surface area contributed by atoms with E-state index >= 15 is 0 Å². The van der Waals surface area contributed by atoms with E-state index in [-0.39, 0.29) is 5.43 Å². The zero-order chi connectivity index (χ0) is 17.4. The lowest BCUT2D eigenvalue weighted by atomic mass is 9.99. The summed E-state index contributed by atoms with van der Waals surface area (Å²) in [6, 6.07) is 25.0. The summed E-state index contributed by atoms with van der Waals surface area (Å²) in [5, 5.41) is 1.39. The van der Waals surface area contributed by atoms with Crippen LogP contribution in [0.3, 0.4) is 0 Å². The summed E-state index contributed by atoms with van der Waals surface area (Å²) in [6.07, 6.45) is 0. The van der Waals surface area contributed by atoms with Gasteiger partial charge in [-0.15, -0.1) is 0 Å². The molecule has 120 valence electrons. The Morgan fingerprint density at radius 3 is 2.32 bits per heavy atom. The van der Waals surface area contributed by atoms with Gasteiger partial charge in [0.1, 0.15) is 0 Å². The lowest BCUT2D eigenvalue weighted by Crippen LogP contribution is -2.10. The Balaban J connectivity index is 2.24. The zero-order valence-corrected chi connectivity index (χ0v) is 14.2. The summed E-state index contributed by atoms with van der Waals surface area (Å²) in [5.74, 6) is 2.99. The molecule has 2 nitrogen and oxygen atoms in total. The van der Waals surface area contributed by atoms with Gasteiger partial charge in [-0.05, 0) is 37.6 Å². The number of pyridine rings is 1. The molecule has 0 saturated heterocycles. The maximum Gasteiger partial charge on any atom is 0.197 e. The molecule has 1 aromatic heterocycles. The van der Waals surface area contributed by atoms with Gasteiger partial charge in [-0.2, -0.15) is 0 Å². The van der Waals surface area contributed by atoms with Crippen LogP contribution in [0.2, 0.25) is 0 Å².